The molecule has 0 spiro atoms. The molecule has 214 valence electrons. The zero-order valence-corrected chi connectivity index (χ0v) is 25.6. The molecule has 2 amide bonds. The van der Waals surface area contributed by atoms with Gasteiger partial charge in [-0.05, 0) is 102 Å². The average Bonchev–Trinajstić information content (AvgIpc) is 2.87. The van der Waals surface area contributed by atoms with Crippen molar-refractivity contribution in [2.75, 3.05) is 10.8 Å². The number of carbonyl (C=O) groups excluding carboxylic acids is 2. The van der Waals surface area contributed by atoms with Gasteiger partial charge in [-0.1, -0.05) is 48.0 Å². The maximum atomic E-state index is 14.1. The number of nitrogens with zero attached hydrogens (tertiary/aromatic N) is 2. The predicted molar refractivity (Wildman–Crippen MR) is 161 cm³/mol. The van der Waals surface area contributed by atoms with Crippen LogP contribution in [0.15, 0.2) is 71.6 Å². The molecule has 0 aliphatic carbocycles. The highest BCUT2D eigenvalue weighted by molar-refractivity contribution is 7.92. The van der Waals surface area contributed by atoms with Gasteiger partial charge in [-0.3, -0.25) is 13.9 Å². The number of hydrogen-bond acceptors (Lipinski definition) is 4. The molecule has 3 aromatic rings. The van der Waals surface area contributed by atoms with Crippen LogP contribution < -0.4 is 9.62 Å². The van der Waals surface area contributed by atoms with Crippen molar-refractivity contribution in [2.24, 2.45) is 0 Å². The van der Waals surface area contributed by atoms with E-state index in [0.29, 0.717) is 5.69 Å². The van der Waals surface area contributed by atoms with E-state index in [9.17, 15) is 18.0 Å². The lowest BCUT2D eigenvalue weighted by Crippen LogP contribution is -2.54. The molecule has 1 atom stereocenters. The molecular weight excluding hydrogens is 522 g/mol. The Balaban J connectivity index is 2.08. The van der Waals surface area contributed by atoms with Gasteiger partial charge in [0.05, 0.1) is 10.6 Å². The van der Waals surface area contributed by atoms with Crippen molar-refractivity contribution in [3.8, 4) is 0 Å². The molecule has 40 heavy (non-hydrogen) atoms. The maximum Gasteiger partial charge on any atom is 0.264 e. The van der Waals surface area contributed by atoms with Crippen molar-refractivity contribution in [2.45, 2.75) is 78.4 Å². The zero-order chi connectivity index (χ0) is 29.8. The number of amides is 2. The van der Waals surface area contributed by atoms with E-state index in [1.807, 2.05) is 78.8 Å². The van der Waals surface area contributed by atoms with Gasteiger partial charge in [0.15, 0.2) is 0 Å². The number of anilines is 1. The first-order valence-corrected chi connectivity index (χ1v) is 14.9. The molecule has 0 unspecified atom stereocenters. The Labute approximate surface area is 239 Å². The van der Waals surface area contributed by atoms with Gasteiger partial charge in [-0.25, -0.2) is 8.42 Å². The van der Waals surface area contributed by atoms with E-state index in [4.69, 9.17) is 0 Å². The van der Waals surface area contributed by atoms with Crippen molar-refractivity contribution in [3.05, 3.63) is 94.5 Å². The van der Waals surface area contributed by atoms with Crippen molar-refractivity contribution in [3.63, 3.8) is 0 Å². The summed E-state index contributed by atoms with van der Waals surface area (Å²) in [6.07, 6.45) is 0. The number of rotatable bonds is 9. The van der Waals surface area contributed by atoms with E-state index in [1.54, 1.807) is 43.3 Å². The minimum Gasteiger partial charge on any atom is -0.350 e. The summed E-state index contributed by atoms with van der Waals surface area (Å²) in [4.78, 5) is 28.9. The summed E-state index contributed by atoms with van der Waals surface area (Å²) in [5, 5.41) is 2.95. The highest BCUT2D eigenvalue weighted by atomic mass is 32.2. The number of nitrogens with one attached hydrogen (secondary N) is 1. The molecule has 0 aliphatic rings. The van der Waals surface area contributed by atoms with E-state index in [0.717, 1.165) is 32.1 Å². The van der Waals surface area contributed by atoms with E-state index in [-0.39, 0.29) is 17.3 Å². The molecule has 0 aromatic heterocycles. The van der Waals surface area contributed by atoms with Crippen LogP contribution >= 0.6 is 0 Å². The van der Waals surface area contributed by atoms with Gasteiger partial charge in [0.2, 0.25) is 11.8 Å². The van der Waals surface area contributed by atoms with Crippen LogP contribution in [0.2, 0.25) is 0 Å². The van der Waals surface area contributed by atoms with Crippen LogP contribution in [0, 0.1) is 27.7 Å². The minimum absolute atomic E-state index is 0.0908. The van der Waals surface area contributed by atoms with Gasteiger partial charge in [0, 0.05) is 12.1 Å². The fraction of sp³-hybridized carbons (Fsp3) is 0.375. The first-order chi connectivity index (χ1) is 18.6. The molecule has 3 aromatic carbocycles. The normalized spacial score (nSPS) is 12.5. The third kappa shape index (κ3) is 7.50. The minimum atomic E-state index is -4.10. The number of hydrogen-bond donors (Lipinski definition) is 1. The average molecular weight is 564 g/mol. The first kappa shape index (κ1) is 30.9. The Morgan fingerprint density at radius 2 is 1.48 bits per heavy atom. The Morgan fingerprint density at radius 3 is 2.05 bits per heavy atom. The fourth-order valence-corrected chi connectivity index (χ4v) is 5.68. The van der Waals surface area contributed by atoms with E-state index in [1.165, 1.54) is 4.90 Å². The number of carbonyl (C=O) groups is 2. The van der Waals surface area contributed by atoms with Gasteiger partial charge in [-0.2, -0.15) is 0 Å². The van der Waals surface area contributed by atoms with Crippen molar-refractivity contribution >= 4 is 27.5 Å². The van der Waals surface area contributed by atoms with Crippen molar-refractivity contribution in [1.29, 1.82) is 0 Å². The molecule has 0 bridgehead atoms. The highest BCUT2D eigenvalue weighted by Gasteiger charge is 2.33. The lowest BCUT2D eigenvalue weighted by atomic mass is 10.1. The SMILES string of the molecule is Cc1ccc(S(=O)(=O)N(CC(=O)N(Cc2ccccc2C)[C@@H](C)C(=O)NC(C)(C)C)c2ccc(C)c(C)c2)cc1. The molecule has 0 radical (unpaired) electrons. The molecule has 8 heteroatoms. The van der Waals surface area contributed by atoms with Crippen LogP contribution in [0.5, 0.6) is 0 Å². The summed E-state index contributed by atoms with van der Waals surface area (Å²) in [5.74, 6) is -0.790. The lowest BCUT2D eigenvalue weighted by Gasteiger charge is -2.34. The van der Waals surface area contributed by atoms with E-state index < -0.39 is 34.1 Å². The van der Waals surface area contributed by atoms with Crippen LogP contribution in [-0.4, -0.2) is 43.3 Å². The standard InChI is InChI=1S/C32H41N3O4S/c1-22-13-17-29(18-14-22)40(38,39)35(28-16-15-23(2)25(4)19-28)21-30(36)34(20-27-12-10-9-11-24(27)3)26(5)31(37)33-32(6,7)8/h9-19,26H,20-21H2,1-8H3,(H,33,37)/t26-/m0/s1. The second kappa shape index (κ2) is 12.3. The summed E-state index contributed by atoms with van der Waals surface area (Å²) >= 11 is 0. The molecule has 0 aliphatic heterocycles. The van der Waals surface area contributed by atoms with Crippen LogP contribution in [-0.2, 0) is 26.2 Å². The lowest BCUT2D eigenvalue weighted by molar-refractivity contribution is -0.140. The summed E-state index contributed by atoms with van der Waals surface area (Å²) in [7, 11) is -4.10. The third-order valence-electron chi connectivity index (χ3n) is 6.93. The van der Waals surface area contributed by atoms with Crippen LogP contribution in [0.25, 0.3) is 0 Å². The Bertz CT molecular complexity index is 1470. The largest absolute Gasteiger partial charge is 0.350 e. The number of aryl methyl sites for hydroxylation is 4. The first-order valence-electron chi connectivity index (χ1n) is 13.4. The van der Waals surface area contributed by atoms with Crippen LogP contribution in [0.1, 0.15) is 55.5 Å². The van der Waals surface area contributed by atoms with Gasteiger partial charge in [0.1, 0.15) is 12.6 Å². The second-order valence-electron chi connectivity index (χ2n) is 11.5. The zero-order valence-electron chi connectivity index (χ0n) is 24.8. The van der Waals surface area contributed by atoms with E-state index in [2.05, 4.69) is 5.32 Å². The highest BCUT2D eigenvalue weighted by Crippen LogP contribution is 2.27. The monoisotopic (exact) mass is 563 g/mol. The van der Waals surface area contributed by atoms with Crippen molar-refractivity contribution in [1.82, 2.24) is 10.2 Å². The van der Waals surface area contributed by atoms with Gasteiger partial charge < -0.3 is 10.2 Å². The molecule has 0 saturated heterocycles. The Kier molecular flexibility index (Phi) is 9.46. The summed E-state index contributed by atoms with van der Waals surface area (Å²) in [5.41, 5.74) is 4.59. The van der Waals surface area contributed by atoms with E-state index >= 15 is 0 Å². The van der Waals surface area contributed by atoms with Crippen LogP contribution in [0.3, 0.4) is 0 Å². The summed E-state index contributed by atoms with van der Waals surface area (Å²) < 4.78 is 29.1. The molecule has 7 nitrogen and oxygen atoms in total. The molecular formula is C32H41N3O4S. The third-order valence-corrected chi connectivity index (χ3v) is 8.72. The molecule has 1 N–H and O–H groups in total. The number of sulfonamides is 1. The van der Waals surface area contributed by atoms with Gasteiger partial charge in [0.25, 0.3) is 10.0 Å². The quantitative estimate of drug-likeness (QED) is 0.375. The maximum absolute atomic E-state index is 14.1. The second-order valence-corrected chi connectivity index (χ2v) is 13.3. The summed E-state index contributed by atoms with van der Waals surface area (Å²) in [6, 6.07) is 18.7. The molecule has 3 rings (SSSR count). The number of benzene rings is 3. The molecule has 0 fully saturated rings. The van der Waals surface area contributed by atoms with Gasteiger partial charge in [-0.15, -0.1) is 0 Å². The summed E-state index contributed by atoms with van der Waals surface area (Å²) in [6.45, 7) is 14.7. The Morgan fingerprint density at radius 1 is 0.850 bits per heavy atom. The smallest absolute Gasteiger partial charge is 0.264 e. The van der Waals surface area contributed by atoms with Crippen LogP contribution in [0.4, 0.5) is 5.69 Å². The molecule has 0 saturated carbocycles. The van der Waals surface area contributed by atoms with Crippen molar-refractivity contribution < 1.29 is 18.0 Å². The fourth-order valence-electron chi connectivity index (χ4n) is 4.27. The molecule has 0 heterocycles. The predicted octanol–water partition coefficient (Wildman–Crippen LogP) is 5.45. The topological polar surface area (TPSA) is 86.8 Å². The Hall–Kier alpha value is -3.65. The van der Waals surface area contributed by atoms with Gasteiger partial charge >= 0.3 is 0 Å².